The fourth-order valence-corrected chi connectivity index (χ4v) is 4.21. The van der Waals surface area contributed by atoms with E-state index >= 15 is 0 Å². The van der Waals surface area contributed by atoms with Crippen LogP contribution < -0.4 is 5.32 Å². The van der Waals surface area contributed by atoms with E-state index in [4.69, 9.17) is 0 Å². The lowest BCUT2D eigenvalue weighted by molar-refractivity contribution is -0.129. The number of nitrogens with one attached hydrogen (secondary N) is 1. The van der Waals surface area contributed by atoms with Crippen molar-refractivity contribution in [3.8, 4) is 0 Å². The minimum atomic E-state index is -0.301. The molecule has 4 rings (SSSR count). The zero-order valence-corrected chi connectivity index (χ0v) is 17.0. The molecule has 3 amide bonds. The number of amides is 3. The van der Waals surface area contributed by atoms with Gasteiger partial charge in [-0.1, -0.05) is 48.5 Å². The van der Waals surface area contributed by atoms with Gasteiger partial charge in [0.05, 0.1) is 5.92 Å². The molecular weight excluding hydrogens is 378 g/mol. The molecule has 156 valence electrons. The molecule has 1 N–H and O–H groups in total. The average Bonchev–Trinajstić information content (AvgIpc) is 3.15. The smallest absolute Gasteiger partial charge is 0.253 e. The number of carbonyl (C=O) groups is 3. The molecule has 2 aromatic rings. The lowest BCUT2D eigenvalue weighted by atomic mass is 10.0. The van der Waals surface area contributed by atoms with Gasteiger partial charge in [-0.25, -0.2) is 0 Å². The Bertz CT molecular complexity index is 892. The summed E-state index contributed by atoms with van der Waals surface area (Å²) in [6.07, 6.45) is 1.74. The maximum absolute atomic E-state index is 12.7. The normalized spacial score (nSPS) is 19.7. The Morgan fingerprint density at radius 3 is 2.23 bits per heavy atom. The van der Waals surface area contributed by atoms with Crippen LogP contribution >= 0.6 is 0 Å². The molecule has 2 aromatic carbocycles. The first-order chi connectivity index (χ1) is 14.6. The summed E-state index contributed by atoms with van der Waals surface area (Å²) in [4.78, 5) is 41.2. The zero-order valence-electron chi connectivity index (χ0n) is 17.0. The average molecular weight is 405 g/mol. The van der Waals surface area contributed by atoms with Gasteiger partial charge in [-0.3, -0.25) is 14.4 Å². The number of carbonyl (C=O) groups excluding carboxylic acids is 3. The van der Waals surface area contributed by atoms with E-state index in [1.165, 1.54) is 0 Å². The number of piperidine rings is 1. The number of rotatable bonds is 5. The fraction of sp³-hybridized carbons (Fsp3) is 0.375. The van der Waals surface area contributed by atoms with Crippen LogP contribution in [0.1, 0.15) is 35.2 Å². The predicted molar refractivity (Wildman–Crippen MR) is 113 cm³/mol. The van der Waals surface area contributed by atoms with Crippen molar-refractivity contribution < 1.29 is 14.4 Å². The number of likely N-dealkylation sites (tertiary alicyclic amines) is 2. The van der Waals surface area contributed by atoms with E-state index in [0.717, 1.165) is 18.4 Å². The van der Waals surface area contributed by atoms with Gasteiger partial charge in [0.1, 0.15) is 0 Å². The van der Waals surface area contributed by atoms with E-state index in [2.05, 4.69) is 5.32 Å². The lowest BCUT2D eigenvalue weighted by Crippen LogP contribution is -2.48. The Kier molecular flexibility index (Phi) is 6.12. The van der Waals surface area contributed by atoms with Gasteiger partial charge >= 0.3 is 0 Å². The highest BCUT2D eigenvalue weighted by Gasteiger charge is 2.35. The molecule has 30 heavy (non-hydrogen) atoms. The molecule has 1 atom stereocenters. The van der Waals surface area contributed by atoms with Gasteiger partial charge in [-0.15, -0.1) is 0 Å². The van der Waals surface area contributed by atoms with Gasteiger partial charge in [0.2, 0.25) is 11.8 Å². The Morgan fingerprint density at radius 2 is 1.57 bits per heavy atom. The van der Waals surface area contributed by atoms with Crippen LogP contribution in [0.3, 0.4) is 0 Å². The van der Waals surface area contributed by atoms with Gasteiger partial charge in [0.15, 0.2) is 0 Å². The SMILES string of the molecule is O=C(NC1CCN(C(=O)c2ccccc2)CC1)C1CC(=O)N(Cc2ccccc2)C1. The molecule has 2 aliphatic rings. The van der Waals surface area contributed by atoms with E-state index in [-0.39, 0.29) is 36.1 Å². The molecule has 0 spiro atoms. The summed E-state index contributed by atoms with van der Waals surface area (Å²) < 4.78 is 0. The van der Waals surface area contributed by atoms with Crippen LogP contribution in [-0.2, 0) is 16.1 Å². The molecular formula is C24H27N3O3. The molecule has 0 bridgehead atoms. The molecule has 0 saturated carbocycles. The molecule has 0 aromatic heterocycles. The van der Waals surface area contributed by atoms with E-state index in [9.17, 15) is 14.4 Å². The molecule has 2 aliphatic heterocycles. The maximum atomic E-state index is 12.7. The predicted octanol–water partition coefficient (Wildman–Crippen LogP) is 2.46. The molecule has 1 unspecified atom stereocenters. The van der Waals surface area contributed by atoms with E-state index in [1.54, 1.807) is 4.90 Å². The first-order valence-corrected chi connectivity index (χ1v) is 10.6. The molecule has 2 heterocycles. The van der Waals surface area contributed by atoms with Crippen LogP contribution in [-0.4, -0.2) is 53.2 Å². The maximum Gasteiger partial charge on any atom is 0.253 e. The van der Waals surface area contributed by atoms with Crippen LogP contribution in [0.4, 0.5) is 0 Å². The minimum Gasteiger partial charge on any atom is -0.353 e. The summed E-state index contributed by atoms with van der Waals surface area (Å²) in [6.45, 7) is 2.26. The van der Waals surface area contributed by atoms with Gasteiger partial charge in [-0.05, 0) is 30.5 Å². The molecule has 6 nitrogen and oxygen atoms in total. The first-order valence-electron chi connectivity index (χ1n) is 10.6. The van der Waals surface area contributed by atoms with Gasteiger partial charge < -0.3 is 15.1 Å². The number of hydrogen-bond donors (Lipinski definition) is 1. The number of benzene rings is 2. The third kappa shape index (κ3) is 4.70. The van der Waals surface area contributed by atoms with Crippen LogP contribution in [0.5, 0.6) is 0 Å². The van der Waals surface area contributed by atoms with E-state index in [1.807, 2.05) is 65.6 Å². The van der Waals surface area contributed by atoms with Gasteiger partial charge in [0.25, 0.3) is 5.91 Å². The summed E-state index contributed by atoms with van der Waals surface area (Å²) in [5.41, 5.74) is 1.77. The van der Waals surface area contributed by atoms with Crippen molar-refractivity contribution in [3.05, 3.63) is 71.8 Å². The molecule has 6 heteroatoms. The third-order valence-electron chi connectivity index (χ3n) is 5.95. The second-order valence-electron chi connectivity index (χ2n) is 8.10. The Hall–Kier alpha value is -3.15. The van der Waals surface area contributed by atoms with Crippen molar-refractivity contribution in [2.75, 3.05) is 19.6 Å². The number of hydrogen-bond acceptors (Lipinski definition) is 3. The van der Waals surface area contributed by atoms with Crippen molar-refractivity contribution in [1.29, 1.82) is 0 Å². The van der Waals surface area contributed by atoms with Crippen molar-refractivity contribution in [2.24, 2.45) is 5.92 Å². The molecule has 2 saturated heterocycles. The highest BCUT2D eigenvalue weighted by Crippen LogP contribution is 2.21. The highest BCUT2D eigenvalue weighted by atomic mass is 16.2. The topological polar surface area (TPSA) is 69.7 Å². The van der Waals surface area contributed by atoms with Crippen LogP contribution in [0, 0.1) is 5.92 Å². The Labute approximate surface area is 176 Å². The Balaban J connectivity index is 1.25. The van der Waals surface area contributed by atoms with Crippen LogP contribution in [0.15, 0.2) is 60.7 Å². The van der Waals surface area contributed by atoms with Crippen molar-refractivity contribution in [1.82, 2.24) is 15.1 Å². The quantitative estimate of drug-likeness (QED) is 0.831. The molecule has 0 radical (unpaired) electrons. The summed E-state index contributed by atoms with van der Waals surface area (Å²) in [7, 11) is 0. The standard InChI is InChI=1S/C24H27N3O3/c28-22-15-20(17-27(22)16-18-7-3-1-4-8-18)23(29)25-21-11-13-26(14-12-21)24(30)19-9-5-2-6-10-19/h1-10,20-21H,11-17H2,(H,25,29). The van der Waals surface area contributed by atoms with Gasteiger partial charge in [-0.2, -0.15) is 0 Å². The van der Waals surface area contributed by atoms with Crippen LogP contribution in [0.2, 0.25) is 0 Å². The number of nitrogens with zero attached hydrogens (tertiary/aromatic N) is 2. The van der Waals surface area contributed by atoms with Crippen molar-refractivity contribution >= 4 is 17.7 Å². The lowest BCUT2D eigenvalue weighted by Gasteiger charge is -2.33. The molecule has 2 fully saturated rings. The zero-order chi connectivity index (χ0) is 20.9. The highest BCUT2D eigenvalue weighted by molar-refractivity contribution is 5.94. The summed E-state index contributed by atoms with van der Waals surface area (Å²) in [5, 5.41) is 3.11. The minimum absolute atomic E-state index is 0.0299. The molecule has 0 aliphatic carbocycles. The third-order valence-corrected chi connectivity index (χ3v) is 5.95. The first kappa shape index (κ1) is 20.1. The van der Waals surface area contributed by atoms with Crippen LogP contribution in [0.25, 0.3) is 0 Å². The summed E-state index contributed by atoms with van der Waals surface area (Å²) in [5.74, 6) is -0.280. The fourth-order valence-electron chi connectivity index (χ4n) is 4.21. The monoisotopic (exact) mass is 405 g/mol. The second-order valence-corrected chi connectivity index (χ2v) is 8.10. The van der Waals surface area contributed by atoms with Crippen molar-refractivity contribution in [2.45, 2.75) is 31.8 Å². The largest absolute Gasteiger partial charge is 0.353 e. The van der Waals surface area contributed by atoms with E-state index < -0.39 is 0 Å². The summed E-state index contributed by atoms with van der Waals surface area (Å²) in [6, 6.07) is 19.2. The second kappa shape index (κ2) is 9.11. The van der Waals surface area contributed by atoms with Gasteiger partial charge in [0, 0.05) is 44.2 Å². The van der Waals surface area contributed by atoms with Crippen molar-refractivity contribution in [3.63, 3.8) is 0 Å². The van der Waals surface area contributed by atoms with E-state index in [0.29, 0.717) is 31.7 Å². The summed E-state index contributed by atoms with van der Waals surface area (Å²) >= 11 is 0. The Morgan fingerprint density at radius 1 is 0.933 bits per heavy atom.